The molecule has 0 bridgehead atoms. The smallest absolute Gasteiger partial charge is 0.328 e. The molecule has 0 saturated carbocycles. The van der Waals surface area contributed by atoms with Gasteiger partial charge in [-0.2, -0.15) is 0 Å². The van der Waals surface area contributed by atoms with Gasteiger partial charge in [0.15, 0.2) is 0 Å². The van der Waals surface area contributed by atoms with Crippen molar-refractivity contribution in [1.29, 1.82) is 0 Å². The van der Waals surface area contributed by atoms with Crippen LogP contribution in [0.25, 0.3) is 6.08 Å². The number of nitrogens with zero attached hydrogens (tertiary/aromatic N) is 1. The molecule has 1 heterocycles. The molecule has 102 valence electrons. The fraction of sp³-hybridized carbons (Fsp3) is 0.250. The highest BCUT2D eigenvalue weighted by Crippen LogP contribution is 2.18. The number of primary amides is 1. The number of rotatable bonds is 6. The second-order valence-electron chi connectivity index (χ2n) is 3.69. The SMILES string of the molecule is CCN(CC(N)=O)C(=O)c1csc(/C=C/C(=O)O)c1. The average Bonchev–Trinajstić information content (AvgIpc) is 2.81. The number of carboxylic acids is 1. The zero-order chi connectivity index (χ0) is 14.4. The molecule has 0 aliphatic heterocycles. The van der Waals surface area contributed by atoms with E-state index >= 15 is 0 Å². The molecular formula is C12H14N2O4S. The number of nitrogens with two attached hydrogens (primary N) is 1. The Labute approximate surface area is 114 Å². The number of hydrogen-bond donors (Lipinski definition) is 2. The van der Waals surface area contributed by atoms with Crippen LogP contribution in [0.3, 0.4) is 0 Å². The van der Waals surface area contributed by atoms with Crippen molar-refractivity contribution in [1.82, 2.24) is 4.90 Å². The van der Waals surface area contributed by atoms with Crippen LogP contribution in [0.4, 0.5) is 0 Å². The van der Waals surface area contributed by atoms with Crippen molar-refractivity contribution in [2.75, 3.05) is 13.1 Å². The Kier molecular flexibility index (Phi) is 5.25. The molecular weight excluding hydrogens is 268 g/mol. The van der Waals surface area contributed by atoms with E-state index in [1.165, 1.54) is 22.3 Å². The monoisotopic (exact) mass is 282 g/mol. The van der Waals surface area contributed by atoms with E-state index in [0.717, 1.165) is 6.08 Å². The van der Waals surface area contributed by atoms with Gasteiger partial charge in [0.25, 0.3) is 5.91 Å². The summed E-state index contributed by atoms with van der Waals surface area (Å²) in [5.74, 6) is -1.92. The first-order valence-electron chi connectivity index (χ1n) is 5.51. The van der Waals surface area contributed by atoms with Crippen molar-refractivity contribution in [3.63, 3.8) is 0 Å². The van der Waals surface area contributed by atoms with Crippen LogP contribution in [0.2, 0.25) is 0 Å². The van der Waals surface area contributed by atoms with Crippen molar-refractivity contribution < 1.29 is 19.5 Å². The zero-order valence-electron chi connectivity index (χ0n) is 10.3. The van der Waals surface area contributed by atoms with E-state index in [0.29, 0.717) is 17.0 Å². The van der Waals surface area contributed by atoms with Gasteiger partial charge in [-0.15, -0.1) is 11.3 Å². The van der Waals surface area contributed by atoms with E-state index in [1.54, 1.807) is 18.4 Å². The maximum atomic E-state index is 12.0. The van der Waals surface area contributed by atoms with E-state index in [1.807, 2.05) is 0 Å². The van der Waals surface area contributed by atoms with Gasteiger partial charge in [0, 0.05) is 22.9 Å². The molecule has 0 spiro atoms. The molecule has 6 nitrogen and oxygen atoms in total. The Morgan fingerprint density at radius 1 is 1.47 bits per heavy atom. The number of thiophene rings is 1. The van der Waals surface area contributed by atoms with Crippen LogP contribution < -0.4 is 5.73 Å². The fourth-order valence-corrected chi connectivity index (χ4v) is 2.18. The third kappa shape index (κ3) is 4.55. The first-order valence-corrected chi connectivity index (χ1v) is 6.39. The minimum Gasteiger partial charge on any atom is -0.478 e. The number of amides is 2. The van der Waals surface area contributed by atoms with Gasteiger partial charge in [0.1, 0.15) is 0 Å². The number of carboxylic acid groups (broad SMARTS) is 1. The fourth-order valence-electron chi connectivity index (χ4n) is 1.40. The number of hydrogen-bond acceptors (Lipinski definition) is 4. The van der Waals surface area contributed by atoms with Gasteiger partial charge in [-0.05, 0) is 19.1 Å². The van der Waals surface area contributed by atoms with Gasteiger partial charge in [-0.1, -0.05) is 0 Å². The molecule has 0 aliphatic carbocycles. The molecule has 19 heavy (non-hydrogen) atoms. The van der Waals surface area contributed by atoms with Crippen LogP contribution in [-0.4, -0.2) is 40.9 Å². The minimum atomic E-state index is -1.05. The lowest BCUT2D eigenvalue weighted by molar-refractivity contribution is -0.131. The molecule has 0 saturated heterocycles. The third-order valence-electron chi connectivity index (χ3n) is 2.27. The van der Waals surface area contributed by atoms with E-state index in [4.69, 9.17) is 10.8 Å². The quantitative estimate of drug-likeness (QED) is 0.753. The molecule has 0 fully saturated rings. The van der Waals surface area contributed by atoms with Gasteiger partial charge < -0.3 is 15.7 Å². The normalized spacial score (nSPS) is 10.6. The first-order chi connectivity index (χ1) is 8.93. The Morgan fingerprint density at radius 3 is 2.68 bits per heavy atom. The minimum absolute atomic E-state index is 0.133. The molecule has 0 radical (unpaired) electrons. The molecule has 0 unspecified atom stereocenters. The van der Waals surface area contributed by atoms with Crippen molar-refractivity contribution in [3.8, 4) is 0 Å². The van der Waals surface area contributed by atoms with Crippen molar-refractivity contribution in [3.05, 3.63) is 28.0 Å². The first kappa shape index (κ1) is 14.9. The van der Waals surface area contributed by atoms with Crippen LogP contribution in [0, 0.1) is 0 Å². The van der Waals surface area contributed by atoms with Crippen molar-refractivity contribution in [2.45, 2.75) is 6.92 Å². The summed E-state index contributed by atoms with van der Waals surface area (Å²) < 4.78 is 0. The highest BCUT2D eigenvalue weighted by molar-refractivity contribution is 7.11. The van der Waals surface area contributed by atoms with E-state index < -0.39 is 11.9 Å². The molecule has 1 aromatic heterocycles. The summed E-state index contributed by atoms with van der Waals surface area (Å²) in [7, 11) is 0. The lowest BCUT2D eigenvalue weighted by Crippen LogP contribution is -2.38. The van der Waals surface area contributed by atoms with Gasteiger partial charge in [0.05, 0.1) is 12.1 Å². The highest BCUT2D eigenvalue weighted by Gasteiger charge is 2.17. The summed E-state index contributed by atoms with van der Waals surface area (Å²) in [4.78, 5) is 35.3. The highest BCUT2D eigenvalue weighted by atomic mass is 32.1. The Bertz CT molecular complexity index is 522. The van der Waals surface area contributed by atoms with Gasteiger partial charge in [-0.3, -0.25) is 9.59 Å². The maximum absolute atomic E-state index is 12.0. The summed E-state index contributed by atoms with van der Waals surface area (Å²) in [6.07, 6.45) is 2.41. The maximum Gasteiger partial charge on any atom is 0.328 e. The standard InChI is InChI=1S/C12H14N2O4S/c1-2-14(6-10(13)15)12(18)8-5-9(19-7-8)3-4-11(16)17/h3-5,7H,2,6H2,1H3,(H2,13,15)(H,16,17)/b4-3+. The molecule has 2 amide bonds. The number of carbonyl (C=O) groups is 3. The van der Waals surface area contributed by atoms with Crippen LogP contribution >= 0.6 is 11.3 Å². The lowest BCUT2D eigenvalue weighted by atomic mass is 10.2. The third-order valence-corrected chi connectivity index (χ3v) is 3.17. The van der Waals surface area contributed by atoms with E-state index in [-0.39, 0.29) is 12.5 Å². The van der Waals surface area contributed by atoms with Crippen molar-refractivity contribution >= 4 is 35.2 Å². The summed E-state index contributed by atoms with van der Waals surface area (Å²) >= 11 is 1.25. The molecule has 0 atom stereocenters. The second-order valence-corrected chi connectivity index (χ2v) is 4.64. The predicted molar refractivity (Wildman–Crippen MR) is 71.8 cm³/mol. The van der Waals surface area contributed by atoms with Crippen LogP contribution in [-0.2, 0) is 9.59 Å². The molecule has 7 heteroatoms. The average molecular weight is 282 g/mol. The Balaban J connectivity index is 2.82. The molecule has 1 aromatic rings. The summed E-state index contributed by atoms with van der Waals surface area (Å²) in [6, 6.07) is 1.58. The molecule has 1 rings (SSSR count). The van der Waals surface area contributed by atoms with Crippen LogP contribution in [0.15, 0.2) is 17.5 Å². The van der Waals surface area contributed by atoms with E-state index in [9.17, 15) is 14.4 Å². The second kappa shape index (κ2) is 6.69. The summed E-state index contributed by atoms with van der Waals surface area (Å²) in [5.41, 5.74) is 5.48. The van der Waals surface area contributed by atoms with Gasteiger partial charge in [0.2, 0.25) is 5.91 Å². The lowest BCUT2D eigenvalue weighted by Gasteiger charge is -2.17. The van der Waals surface area contributed by atoms with E-state index in [2.05, 4.69) is 0 Å². The largest absolute Gasteiger partial charge is 0.478 e. The number of carbonyl (C=O) groups excluding carboxylic acids is 2. The summed E-state index contributed by atoms with van der Waals surface area (Å²) in [6.45, 7) is 1.99. The van der Waals surface area contributed by atoms with Crippen LogP contribution in [0.5, 0.6) is 0 Å². The van der Waals surface area contributed by atoms with Crippen molar-refractivity contribution in [2.24, 2.45) is 5.73 Å². The number of likely N-dealkylation sites (N-methyl/N-ethyl adjacent to an activating group) is 1. The molecule has 3 N–H and O–H groups in total. The molecule has 0 aliphatic rings. The van der Waals surface area contributed by atoms with Crippen LogP contribution in [0.1, 0.15) is 22.2 Å². The zero-order valence-corrected chi connectivity index (χ0v) is 11.1. The predicted octanol–water partition coefficient (Wildman–Crippen LogP) is 0.793. The topological polar surface area (TPSA) is 101 Å². The van der Waals surface area contributed by atoms with Gasteiger partial charge in [-0.25, -0.2) is 4.79 Å². The summed E-state index contributed by atoms with van der Waals surface area (Å²) in [5, 5.41) is 10.1. The van der Waals surface area contributed by atoms with Gasteiger partial charge >= 0.3 is 5.97 Å². The Hall–Kier alpha value is -2.15. The molecule has 0 aromatic carbocycles. The Morgan fingerprint density at radius 2 is 2.16 bits per heavy atom. The number of aliphatic carboxylic acids is 1.